The number of nitrogens with zero attached hydrogens (tertiary/aromatic N) is 5. The molecular weight excluding hydrogens is 246 g/mol. The van der Waals surface area contributed by atoms with E-state index in [0.29, 0.717) is 17.1 Å². The Labute approximate surface area is 107 Å². The summed E-state index contributed by atoms with van der Waals surface area (Å²) in [6.45, 7) is 2.03. The SMILES string of the molecule is CCc1nn2c(C#N)c(-c3ccccn3)nc2s1. The minimum Gasteiger partial charge on any atom is -0.255 e. The zero-order chi connectivity index (χ0) is 12.5. The normalized spacial score (nSPS) is 10.7. The Bertz CT molecular complexity index is 735. The van der Waals surface area contributed by atoms with E-state index in [-0.39, 0.29) is 0 Å². The number of imidazole rings is 1. The van der Waals surface area contributed by atoms with Crippen LogP contribution in [-0.2, 0) is 6.42 Å². The molecule has 0 saturated carbocycles. The van der Waals surface area contributed by atoms with Crippen LogP contribution in [0.2, 0.25) is 0 Å². The number of pyridine rings is 1. The third-order valence-corrected chi connectivity index (χ3v) is 3.61. The van der Waals surface area contributed by atoms with E-state index in [4.69, 9.17) is 0 Å². The fourth-order valence-corrected chi connectivity index (χ4v) is 2.55. The van der Waals surface area contributed by atoms with Gasteiger partial charge in [0.15, 0.2) is 5.69 Å². The highest BCUT2D eigenvalue weighted by Crippen LogP contribution is 2.25. The van der Waals surface area contributed by atoms with E-state index in [9.17, 15) is 5.26 Å². The van der Waals surface area contributed by atoms with Crippen molar-refractivity contribution >= 4 is 16.3 Å². The van der Waals surface area contributed by atoms with Crippen LogP contribution in [0, 0.1) is 11.3 Å². The quantitative estimate of drug-likeness (QED) is 0.704. The molecule has 0 N–H and O–H groups in total. The predicted molar refractivity (Wildman–Crippen MR) is 68.2 cm³/mol. The first-order valence-corrected chi connectivity index (χ1v) is 6.35. The Morgan fingerprint density at radius 3 is 3.00 bits per heavy atom. The second-order valence-corrected chi connectivity index (χ2v) is 4.72. The highest BCUT2D eigenvalue weighted by atomic mass is 32.1. The molecule has 6 heteroatoms. The van der Waals surface area contributed by atoms with Crippen LogP contribution in [0.5, 0.6) is 0 Å². The molecule has 88 valence electrons. The van der Waals surface area contributed by atoms with E-state index in [2.05, 4.69) is 21.1 Å². The van der Waals surface area contributed by atoms with E-state index >= 15 is 0 Å². The van der Waals surface area contributed by atoms with Crippen LogP contribution < -0.4 is 0 Å². The molecule has 0 saturated heterocycles. The summed E-state index contributed by atoms with van der Waals surface area (Å²) in [5.74, 6) is 0. The standard InChI is InChI=1S/C12H9N5S/c1-2-10-16-17-9(7-13)11(15-12(17)18-10)8-5-3-4-6-14-8/h3-6H,2H2,1H3. The number of hydrogen-bond donors (Lipinski definition) is 0. The molecule has 0 amide bonds. The van der Waals surface area contributed by atoms with Crippen LogP contribution in [-0.4, -0.2) is 19.6 Å². The van der Waals surface area contributed by atoms with Crippen LogP contribution in [0.3, 0.4) is 0 Å². The largest absolute Gasteiger partial charge is 0.255 e. The summed E-state index contributed by atoms with van der Waals surface area (Å²) >= 11 is 1.50. The maximum Gasteiger partial charge on any atom is 0.214 e. The number of hydrogen-bond acceptors (Lipinski definition) is 5. The van der Waals surface area contributed by atoms with Crippen molar-refractivity contribution in [3.05, 3.63) is 35.1 Å². The van der Waals surface area contributed by atoms with Gasteiger partial charge in [-0.3, -0.25) is 4.98 Å². The Morgan fingerprint density at radius 2 is 2.33 bits per heavy atom. The van der Waals surface area contributed by atoms with Gasteiger partial charge in [-0.2, -0.15) is 14.9 Å². The summed E-state index contributed by atoms with van der Waals surface area (Å²) in [5.41, 5.74) is 1.74. The molecule has 0 fully saturated rings. The molecule has 3 heterocycles. The number of fused-ring (bicyclic) bond motifs is 1. The van der Waals surface area contributed by atoms with Crippen LogP contribution in [0.15, 0.2) is 24.4 Å². The first-order valence-electron chi connectivity index (χ1n) is 5.53. The summed E-state index contributed by atoms with van der Waals surface area (Å²) in [6, 6.07) is 7.71. The summed E-state index contributed by atoms with van der Waals surface area (Å²) in [4.78, 5) is 9.42. The highest BCUT2D eigenvalue weighted by Gasteiger charge is 2.17. The van der Waals surface area contributed by atoms with Crippen molar-refractivity contribution in [1.82, 2.24) is 19.6 Å². The van der Waals surface area contributed by atoms with Gasteiger partial charge in [0.2, 0.25) is 4.96 Å². The van der Waals surface area contributed by atoms with Gasteiger partial charge in [-0.15, -0.1) is 0 Å². The van der Waals surface area contributed by atoms with Gasteiger partial charge in [-0.1, -0.05) is 24.3 Å². The molecule has 18 heavy (non-hydrogen) atoms. The summed E-state index contributed by atoms with van der Waals surface area (Å²) < 4.78 is 1.60. The molecule has 0 aromatic carbocycles. The Balaban J connectivity index is 2.25. The van der Waals surface area contributed by atoms with Crippen LogP contribution in [0.25, 0.3) is 16.3 Å². The number of aryl methyl sites for hydroxylation is 1. The van der Waals surface area contributed by atoms with E-state index in [1.807, 2.05) is 25.1 Å². The van der Waals surface area contributed by atoms with E-state index < -0.39 is 0 Å². The van der Waals surface area contributed by atoms with Gasteiger partial charge in [0.05, 0.1) is 5.69 Å². The monoisotopic (exact) mass is 255 g/mol. The molecule has 0 atom stereocenters. The smallest absolute Gasteiger partial charge is 0.214 e. The molecule has 0 aliphatic carbocycles. The lowest BCUT2D eigenvalue weighted by Gasteiger charge is -1.94. The molecule has 3 aromatic rings. The van der Waals surface area contributed by atoms with Crippen molar-refractivity contribution in [2.75, 3.05) is 0 Å². The third kappa shape index (κ3) is 1.57. The Hall–Kier alpha value is -2.26. The molecule has 0 aliphatic heterocycles. The minimum atomic E-state index is 0.444. The van der Waals surface area contributed by atoms with E-state index in [0.717, 1.165) is 16.4 Å². The molecule has 5 nitrogen and oxygen atoms in total. The second-order valence-electron chi connectivity index (χ2n) is 3.68. The Morgan fingerprint density at radius 1 is 1.44 bits per heavy atom. The van der Waals surface area contributed by atoms with Crippen molar-refractivity contribution in [2.24, 2.45) is 0 Å². The lowest BCUT2D eigenvalue weighted by Crippen LogP contribution is -1.92. The zero-order valence-corrected chi connectivity index (χ0v) is 10.5. The number of nitriles is 1. The van der Waals surface area contributed by atoms with Gasteiger partial charge in [-0.25, -0.2) is 4.98 Å². The zero-order valence-electron chi connectivity index (χ0n) is 9.66. The van der Waals surface area contributed by atoms with Gasteiger partial charge in [0.1, 0.15) is 16.8 Å². The summed E-state index contributed by atoms with van der Waals surface area (Å²) in [7, 11) is 0. The predicted octanol–water partition coefficient (Wildman–Crippen LogP) is 2.29. The van der Waals surface area contributed by atoms with E-state index in [1.54, 1.807) is 10.7 Å². The molecule has 0 radical (unpaired) electrons. The summed E-state index contributed by atoms with van der Waals surface area (Å²) in [6.07, 6.45) is 2.53. The van der Waals surface area contributed by atoms with Crippen molar-refractivity contribution in [3.63, 3.8) is 0 Å². The van der Waals surface area contributed by atoms with Crippen molar-refractivity contribution in [3.8, 4) is 17.5 Å². The second kappa shape index (κ2) is 4.20. The Kier molecular flexibility index (Phi) is 2.54. The molecular formula is C12H9N5S. The van der Waals surface area contributed by atoms with Crippen LogP contribution in [0.4, 0.5) is 0 Å². The minimum absolute atomic E-state index is 0.444. The molecule has 0 unspecified atom stereocenters. The van der Waals surface area contributed by atoms with Crippen molar-refractivity contribution in [2.45, 2.75) is 13.3 Å². The molecule has 0 bridgehead atoms. The lowest BCUT2D eigenvalue weighted by atomic mass is 10.2. The van der Waals surface area contributed by atoms with Crippen LogP contribution >= 0.6 is 11.3 Å². The van der Waals surface area contributed by atoms with Gasteiger partial charge in [0.25, 0.3) is 0 Å². The fourth-order valence-electron chi connectivity index (χ4n) is 1.71. The van der Waals surface area contributed by atoms with Gasteiger partial charge in [0, 0.05) is 6.20 Å². The van der Waals surface area contributed by atoms with Crippen LogP contribution in [0.1, 0.15) is 17.6 Å². The number of aromatic nitrogens is 4. The summed E-state index contributed by atoms with van der Waals surface area (Å²) in [5, 5.41) is 14.6. The lowest BCUT2D eigenvalue weighted by molar-refractivity contribution is 0.898. The maximum absolute atomic E-state index is 9.27. The maximum atomic E-state index is 9.27. The molecule has 0 aliphatic rings. The van der Waals surface area contributed by atoms with Gasteiger partial charge < -0.3 is 0 Å². The average Bonchev–Trinajstić information content (AvgIpc) is 2.96. The third-order valence-electron chi connectivity index (χ3n) is 2.56. The van der Waals surface area contributed by atoms with Crippen molar-refractivity contribution < 1.29 is 0 Å². The number of rotatable bonds is 2. The highest BCUT2D eigenvalue weighted by molar-refractivity contribution is 7.16. The fraction of sp³-hybridized carbons (Fsp3) is 0.167. The van der Waals surface area contributed by atoms with Gasteiger partial charge in [-0.05, 0) is 18.6 Å². The van der Waals surface area contributed by atoms with Gasteiger partial charge >= 0.3 is 0 Å². The molecule has 0 spiro atoms. The first kappa shape index (κ1) is 10.9. The average molecular weight is 255 g/mol. The van der Waals surface area contributed by atoms with Crippen molar-refractivity contribution in [1.29, 1.82) is 5.26 Å². The van der Waals surface area contributed by atoms with E-state index in [1.165, 1.54) is 11.3 Å². The molecule has 3 aromatic heterocycles. The topological polar surface area (TPSA) is 66.9 Å². The molecule has 3 rings (SSSR count). The first-order chi connectivity index (χ1) is 8.83.